The molecule has 1 aliphatic rings. The molecule has 0 aromatic heterocycles. The van der Waals surface area contributed by atoms with Crippen LogP contribution in [0.5, 0.6) is 11.5 Å². The summed E-state index contributed by atoms with van der Waals surface area (Å²) < 4.78 is 12.0. The summed E-state index contributed by atoms with van der Waals surface area (Å²) in [7, 11) is 0. The molecule has 1 unspecified atom stereocenters. The van der Waals surface area contributed by atoms with Crippen LogP contribution in [0.25, 0.3) is 0 Å². The van der Waals surface area contributed by atoms with Gasteiger partial charge in [0.15, 0.2) is 11.5 Å². The Bertz CT molecular complexity index is 444. The van der Waals surface area contributed by atoms with Crippen molar-refractivity contribution in [3.05, 3.63) is 22.2 Å². The summed E-state index contributed by atoms with van der Waals surface area (Å²) in [5.41, 5.74) is 0.651. The number of rotatable bonds is 2. The van der Waals surface area contributed by atoms with Crippen LogP contribution in [0.4, 0.5) is 0 Å². The molecule has 17 heavy (non-hydrogen) atoms. The van der Waals surface area contributed by atoms with Crippen molar-refractivity contribution in [2.75, 3.05) is 13.2 Å². The molecule has 4 nitrogen and oxygen atoms in total. The topological polar surface area (TPSA) is 55.8 Å². The zero-order valence-corrected chi connectivity index (χ0v) is 11.0. The first-order valence-electron chi connectivity index (χ1n) is 5.42. The minimum absolute atomic E-state index is 0.544. The van der Waals surface area contributed by atoms with E-state index in [1.165, 1.54) is 0 Å². The van der Waals surface area contributed by atoms with E-state index in [0.29, 0.717) is 30.3 Å². The summed E-state index contributed by atoms with van der Waals surface area (Å²) in [6.45, 7) is 2.76. The van der Waals surface area contributed by atoms with Crippen LogP contribution in [0, 0.1) is 0 Å². The van der Waals surface area contributed by atoms with E-state index in [2.05, 4.69) is 15.9 Å². The number of halogens is 1. The number of carbonyl (C=O) groups is 1. The number of ether oxygens (including phenoxy) is 2. The van der Waals surface area contributed by atoms with Gasteiger partial charge in [0.2, 0.25) is 0 Å². The molecule has 1 N–H and O–H groups in total. The highest BCUT2D eigenvalue weighted by Gasteiger charge is 2.24. The average molecular weight is 301 g/mol. The molecule has 1 aliphatic heterocycles. The molecule has 1 aromatic carbocycles. The van der Waals surface area contributed by atoms with Crippen molar-refractivity contribution in [3.8, 4) is 11.5 Å². The van der Waals surface area contributed by atoms with Crippen LogP contribution in [-0.2, 0) is 4.79 Å². The second kappa shape index (κ2) is 4.96. The number of carboxylic acid groups (broad SMARTS) is 1. The molecule has 0 spiro atoms. The van der Waals surface area contributed by atoms with Crippen molar-refractivity contribution in [1.29, 1.82) is 0 Å². The number of hydrogen-bond donors (Lipinski definition) is 1. The lowest BCUT2D eigenvalue weighted by Crippen LogP contribution is -2.09. The van der Waals surface area contributed by atoms with E-state index in [1.807, 2.05) is 0 Å². The van der Waals surface area contributed by atoms with Crippen LogP contribution in [0.1, 0.15) is 24.8 Å². The zero-order valence-electron chi connectivity index (χ0n) is 9.40. The third-order valence-corrected chi connectivity index (χ3v) is 3.34. The molecule has 1 atom stereocenters. The molecule has 0 fully saturated rings. The third-order valence-electron chi connectivity index (χ3n) is 2.71. The lowest BCUT2D eigenvalue weighted by atomic mass is 10.00. The largest absolute Gasteiger partial charge is 0.489 e. The molecule has 0 aliphatic carbocycles. The summed E-state index contributed by atoms with van der Waals surface area (Å²) in [4.78, 5) is 11.0. The molecule has 0 amide bonds. The summed E-state index contributed by atoms with van der Waals surface area (Å²) in [6, 6.07) is 3.55. The predicted molar refractivity (Wildman–Crippen MR) is 65.8 cm³/mol. The maximum atomic E-state index is 11.0. The molecule has 0 saturated carbocycles. The molecule has 5 heteroatoms. The highest BCUT2D eigenvalue weighted by Crippen LogP contribution is 2.42. The first-order valence-corrected chi connectivity index (χ1v) is 6.21. The van der Waals surface area contributed by atoms with Gasteiger partial charge in [-0.05, 0) is 28.9 Å². The van der Waals surface area contributed by atoms with Crippen molar-refractivity contribution in [2.45, 2.75) is 19.3 Å². The van der Waals surface area contributed by atoms with Crippen molar-refractivity contribution in [1.82, 2.24) is 0 Å². The van der Waals surface area contributed by atoms with Crippen LogP contribution in [0.15, 0.2) is 16.6 Å². The Morgan fingerprint density at radius 3 is 2.65 bits per heavy atom. The third kappa shape index (κ3) is 2.39. The summed E-state index contributed by atoms with van der Waals surface area (Å²) in [5.74, 6) is -0.333. The molecule has 92 valence electrons. The summed E-state index contributed by atoms with van der Waals surface area (Å²) in [6.07, 6.45) is 0.794. The summed E-state index contributed by atoms with van der Waals surface area (Å²) in [5, 5.41) is 9.07. The van der Waals surface area contributed by atoms with Gasteiger partial charge in [-0.3, -0.25) is 4.79 Å². The second-order valence-corrected chi connectivity index (χ2v) is 4.76. The summed E-state index contributed by atoms with van der Waals surface area (Å²) >= 11 is 3.38. The van der Waals surface area contributed by atoms with E-state index < -0.39 is 11.9 Å². The maximum absolute atomic E-state index is 11.0. The normalized spacial score (nSPS) is 16.1. The Hall–Kier alpha value is -1.23. The van der Waals surface area contributed by atoms with Gasteiger partial charge in [0.05, 0.1) is 23.6 Å². The molecule has 0 bridgehead atoms. The number of carboxylic acids is 1. The first-order chi connectivity index (χ1) is 8.11. The minimum atomic E-state index is -0.873. The molecule has 0 saturated heterocycles. The van der Waals surface area contributed by atoms with Gasteiger partial charge in [-0.1, -0.05) is 6.07 Å². The van der Waals surface area contributed by atoms with E-state index in [-0.39, 0.29) is 0 Å². The van der Waals surface area contributed by atoms with Crippen LogP contribution in [0.2, 0.25) is 0 Å². The van der Waals surface area contributed by atoms with E-state index >= 15 is 0 Å². The van der Waals surface area contributed by atoms with Crippen LogP contribution < -0.4 is 9.47 Å². The van der Waals surface area contributed by atoms with Crippen molar-refractivity contribution in [3.63, 3.8) is 0 Å². The second-order valence-electron chi connectivity index (χ2n) is 3.91. The fourth-order valence-corrected chi connectivity index (χ4v) is 2.15. The minimum Gasteiger partial charge on any atom is -0.489 e. The van der Waals surface area contributed by atoms with E-state index in [0.717, 1.165) is 10.9 Å². The van der Waals surface area contributed by atoms with Crippen molar-refractivity contribution < 1.29 is 19.4 Å². The number of hydrogen-bond acceptors (Lipinski definition) is 3. The SMILES string of the molecule is CC(C(=O)O)c1ccc(Br)c2c1OCCCO2. The molecular formula is C12H13BrO4. The van der Waals surface area contributed by atoms with Gasteiger partial charge in [0.1, 0.15) is 0 Å². The smallest absolute Gasteiger partial charge is 0.310 e. The highest BCUT2D eigenvalue weighted by atomic mass is 79.9. The Morgan fingerprint density at radius 2 is 2.00 bits per heavy atom. The number of aliphatic carboxylic acids is 1. The fraction of sp³-hybridized carbons (Fsp3) is 0.417. The first kappa shape index (κ1) is 12.2. The molecule has 1 aromatic rings. The van der Waals surface area contributed by atoms with Gasteiger partial charge in [0.25, 0.3) is 0 Å². The Labute approximate surface area is 108 Å². The van der Waals surface area contributed by atoms with Gasteiger partial charge < -0.3 is 14.6 Å². The molecule has 0 radical (unpaired) electrons. The number of fused-ring (bicyclic) bond motifs is 1. The van der Waals surface area contributed by atoms with Crippen molar-refractivity contribution >= 4 is 21.9 Å². The predicted octanol–water partition coefficient (Wildman–Crippen LogP) is 2.80. The lowest BCUT2D eigenvalue weighted by molar-refractivity contribution is -0.138. The van der Waals surface area contributed by atoms with Crippen LogP contribution in [-0.4, -0.2) is 24.3 Å². The van der Waals surface area contributed by atoms with E-state index in [4.69, 9.17) is 14.6 Å². The maximum Gasteiger partial charge on any atom is 0.310 e. The van der Waals surface area contributed by atoms with Gasteiger partial charge in [-0.2, -0.15) is 0 Å². The van der Waals surface area contributed by atoms with Crippen LogP contribution >= 0.6 is 15.9 Å². The van der Waals surface area contributed by atoms with Crippen molar-refractivity contribution in [2.24, 2.45) is 0 Å². The fourth-order valence-electron chi connectivity index (χ4n) is 1.72. The van der Waals surface area contributed by atoms with Gasteiger partial charge in [-0.15, -0.1) is 0 Å². The quantitative estimate of drug-likeness (QED) is 0.912. The Kier molecular flexibility index (Phi) is 3.57. The molecular weight excluding hydrogens is 288 g/mol. The Balaban J connectivity index is 2.50. The zero-order chi connectivity index (χ0) is 12.4. The molecule has 1 heterocycles. The standard InChI is InChI=1S/C12H13BrO4/c1-7(12(14)15)8-3-4-9(13)11-10(8)16-5-2-6-17-11/h3-4,7H,2,5-6H2,1H3,(H,14,15). The molecule has 2 rings (SSSR count). The highest BCUT2D eigenvalue weighted by molar-refractivity contribution is 9.10. The van der Waals surface area contributed by atoms with Crippen LogP contribution in [0.3, 0.4) is 0 Å². The van der Waals surface area contributed by atoms with Gasteiger partial charge in [-0.25, -0.2) is 0 Å². The Morgan fingerprint density at radius 1 is 1.35 bits per heavy atom. The monoisotopic (exact) mass is 300 g/mol. The van der Waals surface area contributed by atoms with E-state index in [9.17, 15) is 4.79 Å². The van der Waals surface area contributed by atoms with Gasteiger partial charge in [0, 0.05) is 12.0 Å². The lowest BCUT2D eigenvalue weighted by Gasteiger charge is -2.16. The van der Waals surface area contributed by atoms with Gasteiger partial charge >= 0.3 is 5.97 Å². The average Bonchev–Trinajstić information content (AvgIpc) is 2.54. The number of benzene rings is 1. The van der Waals surface area contributed by atoms with E-state index in [1.54, 1.807) is 19.1 Å².